The zero-order valence-electron chi connectivity index (χ0n) is 29.4. The highest BCUT2D eigenvalue weighted by Gasteiger charge is 2.32. The lowest BCUT2D eigenvalue weighted by Crippen LogP contribution is -2.51. The number of hydrazine groups is 1. The molecule has 6 atom stereocenters. The Morgan fingerprint density at radius 2 is 1.28 bits per heavy atom. The lowest BCUT2D eigenvalue weighted by Gasteiger charge is -2.27. The molecule has 3 saturated carbocycles. The monoisotopic (exact) mass is 666 g/mol. The van der Waals surface area contributed by atoms with Crippen LogP contribution in [0, 0.1) is 23.7 Å². The summed E-state index contributed by atoms with van der Waals surface area (Å²) in [5, 5.41) is 11.4. The van der Waals surface area contributed by atoms with Crippen LogP contribution in [-0.4, -0.2) is 87.7 Å². The minimum atomic E-state index is -0.335. The van der Waals surface area contributed by atoms with Gasteiger partial charge in [0.05, 0.1) is 18.2 Å². The number of hydrogen-bond acceptors (Lipinski definition) is 8. The molecule has 0 spiro atoms. The van der Waals surface area contributed by atoms with Crippen molar-refractivity contribution in [2.24, 2.45) is 23.7 Å². The Kier molecular flexibility index (Phi) is 19.5. The number of rotatable bonds is 17. The standard InChI is InChI=1S/C22H41N5O4.C12H21NO3/c1-4-18(26-21(29)17-10-11-19(12-17)31-5-2)14-25-27-22(30)24-13-15-6-8-16(9-7-15)20(28)23-3;1-3-10(8-14)13-12(15)9-5-6-11(7-9)16-4-2/h15-19,25H,4-14H2,1-3H3,(H,23,28)(H,26,29)(H2,24,27,30);8-11H,3-7H2,1-2H3,(H,13,15)/t15?,16?,17-,18-,19-;9-,10-,11-/m00/s1. The van der Waals surface area contributed by atoms with Crippen LogP contribution in [0.3, 0.4) is 0 Å². The second kappa shape index (κ2) is 22.7. The fourth-order valence-electron chi connectivity index (χ4n) is 6.65. The van der Waals surface area contributed by atoms with Crippen LogP contribution < -0.4 is 32.1 Å². The topological polar surface area (TPSA) is 176 Å². The summed E-state index contributed by atoms with van der Waals surface area (Å²) in [7, 11) is 1.68. The number of amides is 5. The number of carbonyl (C=O) groups excluding carboxylic acids is 5. The van der Waals surface area contributed by atoms with Crippen LogP contribution in [0.2, 0.25) is 0 Å². The summed E-state index contributed by atoms with van der Waals surface area (Å²) in [5.74, 6) is 0.737. The molecule has 13 heteroatoms. The number of carbonyl (C=O) groups is 5. The van der Waals surface area contributed by atoms with Crippen molar-refractivity contribution in [3.05, 3.63) is 0 Å². The van der Waals surface area contributed by atoms with E-state index in [-0.39, 0.29) is 65.8 Å². The van der Waals surface area contributed by atoms with Gasteiger partial charge < -0.3 is 35.5 Å². The molecule has 0 unspecified atom stereocenters. The van der Waals surface area contributed by atoms with E-state index in [1.165, 1.54) is 0 Å². The number of nitrogens with one attached hydrogen (secondary N) is 6. The van der Waals surface area contributed by atoms with Gasteiger partial charge in [0.25, 0.3) is 0 Å². The Bertz CT molecular complexity index is 961. The van der Waals surface area contributed by atoms with E-state index in [1.807, 2.05) is 27.7 Å². The van der Waals surface area contributed by atoms with E-state index in [0.29, 0.717) is 38.6 Å². The van der Waals surface area contributed by atoms with Gasteiger partial charge in [-0.2, -0.15) is 0 Å². The third-order valence-electron chi connectivity index (χ3n) is 9.65. The molecule has 0 aromatic carbocycles. The molecule has 0 aliphatic heterocycles. The van der Waals surface area contributed by atoms with E-state index in [9.17, 15) is 24.0 Å². The van der Waals surface area contributed by atoms with Crippen molar-refractivity contribution in [1.29, 1.82) is 0 Å². The summed E-state index contributed by atoms with van der Waals surface area (Å²) in [6.45, 7) is 10.3. The maximum atomic E-state index is 12.5. The predicted octanol–water partition coefficient (Wildman–Crippen LogP) is 2.73. The second-order valence-corrected chi connectivity index (χ2v) is 13.0. The van der Waals surface area contributed by atoms with Crippen molar-refractivity contribution >= 4 is 30.0 Å². The third-order valence-corrected chi connectivity index (χ3v) is 9.65. The highest BCUT2D eigenvalue weighted by atomic mass is 16.5. The summed E-state index contributed by atoms with van der Waals surface area (Å²) < 4.78 is 11.1. The van der Waals surface area contributed by atoms with Crippen LogP contribution in [0.5, 0.6) is 0 Å². The van der Waals surface area contributed by atoms with Crippen LogP contribution in [0.25, 0.3) is 0 Å². The molecule has 0 aromatic rings. The minimum absolute atomic E-state index is 0.00107. The molecule has 3 aliphatic carbocycles. The molecule has 3 fully saturated rings. The number of aldehydes is 1. The summed E-state index contributed by atoms with van der Waals surface area (Å²) in [6, 6.07) is -0.650. The first-order valence-corrected chi connectivity index (χ1v) is 17.9. The average molecular weight is 667 g/mol. The first-order chi connectivity index (χ1) is 22.7. The molecule has 47 heavy (non-hydrogen) atoms. The lowest BCUT2D eigenvalue weighted by atomic mass is 9.81. The fourth-order valence-corrected chi connectivity index (χ4v) is 6.65. The summed E-state index contributed by atoms with van der Waals surface area (Å²) >= 11 is 0. The van der Waals surface area contributed by atoms with Gasteiger partial charge in [-0.05, 0) is 96.8 Å². The van der Waals surface area contributed by atoms with E-state index in [2.05, 4.69) is 32.1 Å². The maximum Gasteiger partial charge on any atom is 0.329 e. The zero-order chi connectivity index (χ0) is 34.6. The Labute approximate surface area is 281 Å². The van der Waals surface area contributed by atoms with Crippen LogP contribution in [0.1, 0.15) is 105 Å². The number of hydrogen-bond donors (Lipinski definition) is 6. The van der Waals surface area contributed by atoms with E-state index >= 15 is 0 Å². The van der Waals surface area contributed by atoms with Gasteiger partial charge in [-0.25, -0.2) is 10.2 Å². The molecule has 3 aliphatic rings. The van der Waals surface area contributed by atoms with Crippen molar-refractivity contribution in [1.82, 2.24) is 32.1 Å². The van der Waals surface area contributed by atoms with E-state index in [4.69, 9.17) is 9.47 Å². The van der Waals surface area contributed by atoms with Gasteiger partial charge in [0.1, 0.15) is 6.29 Å². The van der Waals surface area contributed by atoms with Gasteiger partial charge in [-0.1, -0.05) is 13.8 Å². The van der Waals surface area contributed by atoms with Crippen molar-refractivity contribution in [2.45, 2.75) is 129 Å². The molecule has 270 valence electrons. The number of urea groups is 1. The average Bonchev–Trinajstić information content (AvgIpc) is 3.76. The van der Waals surface area contributed by atoms with Gasteiger partial charge in [-0.15, -0.1) is 0 Å². The van der Waals surface area contributed by atoms with Crippen molar-refractivity contribution in [3.63, 3.8) is 0 Å². The normalized spacial score (nSPS) is 26.6. The zero-order valence-corrected chi connectivity index (χ0v) is 29.4. The van der Waals surface area contributed by atoms with E-state index < -0.39 is 0 Å². The van der Waals surface area contributed by atoms with Gasteiger partial charge in [0.15, 0.2) is 0 Å². The highest BCUT2D eigenvalue weighted by Crippen LogP contribution is 2.30. The molecular weight excluding hydrogens is 604 g/mol. The molecule has 6 N–H and O–H groups in total. The van der Waals surface area contributed by atoms with Crippen molar-refractivity contribution in [2.75, 3.05) is 33.4 Å². The smallest absolute Gasteiger partial charge is 0.329 e. The fraction of sp³-hybridized carbons (Fsp3) is 0.853. The SMILES string of the molecule is CCO[C@H]1CC[C@H](C(=O)N[C@@H](CC)CNNC(=O)NCC2CCC(C(=O)NC)CC2)C1.CCO[C@H]1CC[C@H](C(=O)N[C@H](C=O)CC)C1. The molecular formula is C34H62N6O7. The molecule has 0 saturated heterocycles. The Hall–Kier alpha value is -2.77. The van der Waals surface area contributed by atoms with E-state index in [1.54, 1.807) is 7.05 Å². The lowest BCUT2D eigenvalue weighted by molar-refractivity contribution is -0.127. The molecule has 0 radical (unpaired) electrons. The largest absolute Gasteiger partial charge is 0.378 e. The Morgan fingerprint density at radius 1 is 0.723 bits per heavy atom. The molecule has 13 nitrogen and oxygen atoms in total. The first kappa shape index (κ1) is 40.4. The second-order valence-electron chi connectivity index (χ2n) is 13.0. The Morgan fingerprint density at radius 3 is 1.77 bits per heavy atom. The van der Waals surface area contributed by atoms with Crippen LogP contribution in [0.15, 0.2) is 0 Å². The predicted molar refractivity (Wildman–Crippen MR) is 180 cm³/mol. The van der Waals surface area contributed by atoms with Gasteiger partial charge in [0, 0.05) is 57.1 Å². The minimum Gasteiger partial charge on any atom is -0.378 e. The van der Waals surface area contributed by atoms with Gasteiger partial charge in [-0.3, -0.25) is 19.8 Å². The third kappa shape index (κ3) is 14.9. The molecule has 0 bridgehead atoms. The number of ether oxygens (including phenoxy) is 2. The first-order valence-electron chi connectivity index (χ1n) is 17.9. The van der Waals surface area contributed by atoms with Gasteiger partial charge >= 0.3 is 6.03 Å². The summed E-state index contributed by atoms with van der Waals surface area (Å²) in [5.41, 5.74) is 5.58. The molecule has 0 heterocycles. The van der Waals surface area contributed by atoms with Gasteiger partial charge in [0.2, 0.25) is 17.7 Å². The van der Waals surface area contributed by atoms with E-state index in [0.717, 1.165) is 76.9 Å². The van der Waals surface area contributed by atoms with Crippen LogP contribution in [0.4, 0.5) is 4.79 Å². The summed E-state index contributed by atoms with van der Waals surface area (Å²) in [6.07, 6.45) is 11.5. The molecule has 0 aromatic heterocycles. The highest BCUT2D eigenvalue weighted by molar-refractivity contribution is 5.82. The molecule has 5 amide bonds. The summed E-state index contributed by atoms with van der Waals surface area (Å²) in [4.78, 5) is 58.7. The van der Waals surface area contributed by atoms with Crippen LogP contribution in [-0.2, 0) is 28.7 Å². The van der Waals surface area contributed by atoms with Crippen LogP contribution >= 0.6 is 0 Å². The van der Waals surface area contributed by atoms with Crippen molar-refractivity contribution < 1.29 is 33.4 Å². The quantitative estimate of drug-likeness (QED) is 0.101. The van der Waals surface area contributed by atoms with Crippen molar-refractivity contribution in [3.8, 4) is 0 Å². The maximum absolute atomic E-state index is 12.5. The molecule has 3 rings (SSSR count). The Balaban J connectivity index is 0.000000403.